The number of rotatable bonds is 4. The number of aromatic nitrogens is 1. The molecule has 1 rings (SSSR count). The van der Waals surface area contributed by atoms with Gasteiger partial charge >= 0.3 is 5.97 Å². The van der Waals surface area contributed by atoms with E-state index >= 15 is 0 Å². The van der Waals surface area contributed by atoms with E-state index in [1.165, 1.54) is 29.8 Å². The Morgan fingerprint density at radius 1 is 1.53 bits per heavy atom. The van der Waals surface area contributed by atoms with E-state index in [2.05, 4.69) is 4.98 Å². The summed E-state index contributed by atoms with van der Waals surface area (Å²) in [6, 6.07) is 1.67. The molecule has 1 heterocycles. The van der Waals surface area contributed by atoms with Gasteiger partial charge in [0.15, 0.2) is 5.69 Å². The second-order valence-corrected chi connectivity index (χ2v) is 4.66. The first kappa shape index (κ1) is 13.5. The maximum Gasteiger partial charge on any atom is 0.355 e. The van der Waals surface area contributed by atoms with Crippen molar-refractivity contribution in [3.8, 4) is 0 Å². The van der Waals surface area contributed by atoms with Gasteiger partial charge in [0, 0.05) is 18.9 Å². The van der Waals surface area contributed by atoms with Crippen LogP contribution in [0.4, 0.5) is 5.69 Å². The molecule has 17 heavy (non-hydrogen) atoms. The quantitative estimate of drug-likeness (QED) is 0.831. The number of carbonyl (C=O) groups is 2. The molecule has 0 bridgehead atoms. The number of carboxylic acids is 1. The Labute approximate surface area is 104 Å². The fraction of sp³-hybridized carbons (Fsp3) is 0.364. The molecule has 1 aromatic heterocycles. The average molecular weight is 254 g/mol. The van der Waals surface area contributed by atoms with E-state index in [-0.39, 0.29) is 11.6 Å². The van der Waals surface area contributed by atoms with Crippen LogP contribution in [0.25, 0.3) is 0 Å². The SMILES string of the molecule is CCSc1cc(N(C)C(C)=O)cnc1C(=O)O. The Morgan fingerprint density at radius 2 is 2.18 bits per heavy atom. The summed E-state index contributed by atoms with van der Waals surface area (Å²) in [7, 11) is 1.63. The van der Waals surface area contributed by atoms with Crippen LogP contribution in [0, 0.1) is 0 Å². The Kier molecular flexibility index (Phi) is 4.51. The molecule has 5 nitrogen and oxygen atoms in total. The first-order chi connectivity index (χ1) is 7.97. The summed E-state index contributed by atoms with van der Waals surface area (Å²) in [4.78, 5) is 28.1. The zero-order valence-corrected chi connectivity index (χ0v) is 10.7. The van der Waals surface area contributed by atoms with Crippen LogP contribution in [0.15, 0.2) is 17.2 Å². The first-order valence-corrected chi connectivity index (χ1v) is 6.06. The summed E-state index contributed by atoms with van der Waals surface area (Å²) < 4.78 is 0. The molecule has 0 unspecified atom stereocenters. The lowest BCUT2D eigenvalue weighted by atomic mass is 10.3. The highest BCUT2D eigenvalue weighted by atomic mass is 32.2. The molecule has 1 aromatic rings. The number of nitrogens with zero attached hydrogens (tertiary/aromatic N) is 2. The van der Waals surface area contributed by atoms with Gasteiger partial charge in [-0.15, -0.1) is 11.8 Å². The number of hydrogen-bond donors (Lipinski definition) is 1. The first-order valence-electron chi connectivity index (χ1n) is 5.07. The van der Waals surface area contributed by atoms with Crippen molar-refractivity contribution in [1.82, 2.24) is 4.98 Å². The van der Waals surface area contributed by atoms with Crippen LogP contribution in [0.2, 0.25) is 0 Å². The molecule has 0 saturated carbocycles. The minimum Gasteiger partial charge on any atom is -0.476 e. The second-order valence-electron chi connectivity index (χ2n) is 3.36. The smallest absolute Gasteiger partial charge is 0.355 e. The summed E-state index contributed by atoms with van der Waals surface area (Å²) in [6.07, 6.45) is 1.39. The van der Waals surface area contributed by atoms with Crippen molar-refractivity contribution in [2.45, 2.75) is 18.7 Å². The van der Waals surface area contributed by atoms with Gasteiger partial charge in [-0.2, -0.15) is 0 Å². The molecule has 1 N–H and O–H groups in total. The predicted octanol–water partition coefficient (Wildman–Crippen LogP) is 1.87. The van der Waals surface area contributed by atoms with Crippen LogP contribution in [0.3, 0.4) is 0 Å². The third-order valence-electron chi connectivity index (χ3n) is 2.20. The van der Waals surface area contributed by atoms with Gasteiger partial charge in [0.05, 0.1) is 11.9 Å². The lowest BCUT2D eigenvalue weighted by Crippen LogP contribution is -2.23. The molecule has 0 aliphatic rings. The number of anilines is 1. The van der Waals surface area contributed by atoms with Gasteiger partial charge in [-0.3, -0.25) is 4.79 Å². The van der Waals surface area contributed by atoms with Gasteiger partial charge < -0.3 is 10.0 Å². The Morgan fingerprint density at radius 3 is 2.65 bits per heavy atom. The number of amides is 1. The number of aromatic carboxylic acids is 1. The molecule has 0 aliphatic heterocycles. The largest absolute Gasteiger partial charge is 0.476 e. The standard InChI is InChI=1S/C11H14N2O3S/c1-4-17-9-5-8(13(3)7(2)14)6-12-10(9)11(15)16/h5-6H,4H2,1-3H3,(H,15,16). The zero-order valence-electron chi connectivity index (χ0n) is 9.93. The monoisotopic (exact) mass is 254 g/mol. The molecule has 1 amide bonds. The van der Waals surface area contributed by atoms with E-state index < -0.39 is 5.97 Å². The molecule has 0 saturated heterocycles. The van der Waals surface area contributed by atoms with Gasteiger partial charge in [-0.1, -0.05) is 6.92 Å². The minimum absolute atomic E-state index is 0.0255. The number of carboxylic acid groups (broad SMARTS) is 1. The Bertz CT molecular complexity index is 448. The Balaban J connectivity index is 3.17. The number of thioether (sulfide) groups is 1. The van der Waals surface area contributed by atoms with E-state index in [9.17, 15) is 9.59 Å². The highest BCUT2D eigenvalue weighted by Crippen LogP contribution is 2.25. The van der Waals surface area contributed by atoms with E-state index in [1.807, 2.05) is 6.92 Å². The molecular formula is C11H14N2O3S. The molecule has 0 spiro atoms. The number of hydrogen-bond acceptors (Lipinski definition) is 4. The summed E-state index contributed by atoms with van der Waals surface area (Å²) in [5, 5.41) is 8.97. The zero-order chi connectivity index (χ0) is 13.0. The third-order valence-corrected chi connectivity index (χ3v) is 3.11. The molecule has 0 fully saturated rings. The van der Waals surface area contributed by atoms with Crippen molar-refractivity contribution >= 4 is 29.3 Å². The van der Waals surface area contributed by atoms with E-state index in [4.69, 9.17) is 5.11 Å². The Hall–Kier alpha value is -1.56. The van der Waals surface area contributed by atoms with Crippen molar-refractivity contribution in [3.63, 3.8) is 0 Å². The van der Waals surface area contributed by atoms with Gasteiger partial charge in [-0.05, 0) is 11.8 Å². The summed E-state index contributed by atoms with van der Waals surface area (Å²) in [5.74, 6) is -0.435. The van der Waals surface area contributed by atoms with Crippen LogP contribution in [0.1, 0.15) is 24.3 Å². The van der Waals surface area contributed by atoms with Crippen LogP contribution in [0.5, 0.6) is 0 Å². The molecule has 0 radical (unpaired) electrons. The van der Waals surface area contributed by atoms with Crippen LogP contribution in [-0.2, 0) is 4.79 Å². The maximum atomic E-state index is 11.2. The lowest BCUT2D eigenvalue weighted by molar-refractivity contribution is -0.116. The molecule has 6 heteroatoms. The van der Waals surface area contributed by atoms with Crippen molar-refractivity contribution in [3.05, 3.63) is 18.0 Å². The topological polar surface area (TPSA) is 70.5 Å². The summed E-state index contributed by atoms with van der Waals surface area (Å²) in [5.41, 5.74) is 0.621. The lowest BCUT2D eigenvalue weighted by Gasteiger charge is -2.16. The van der Waals surface area contributed by atoms with Crippen LogP contribution in [-0.4, -0.2) is 34.8 Å². The third kappa shape index (κ3) is 3.20. The fourth-order valence-electron chi connectivity index (χ4n) is 1.23. The minimum atomic E-state index is -1.06. The summed E-state index contributed by atoms with van der Waals surface area (Å²) >= 11 is 1.39. The van der Waals surface area contributed by atoms with E-state index in [0.717, 1.165) is 5.75 Å². The summed E-state index contributed by atoms with van der Waals surface area (Å²) in [6.45, 7) is 3.37. The molecule has 0 aliphatic carbocycles. The van der Waals surface area contributed by atoms with Gasteiger partial charge in [-0.25, -0.2) is 9.78 Å². The molecular weight excluding hydrogens is 240 g/mol. The normalized spacial score (nSPS) is 10.1. The second kappa shape index (κ2) is 5.67. The number of pyridine rings is 1. The van der Waals surface area contributed by atoms with Gasteiger partial charge in [0.25, 0.3) is 0 Å². The predicted molar refractivity (Wildman–Crippen MR) is 66.7 cm³/mol. The van der Waals surface area contributed by atoms with E-state index in [0.29, 0.717) is 10.6 Å². The van der Waals surface area contributed by atoms with Crippen LogP contribution < -0.4 is 4.90 Å². The van der Waals surface area contributed by atoms with Crippen molar-refractivity contribution in [1.29, 1.82) is 0 Å². The van der Waals surface area contributed by atoms with Gasteiger partial charge in [0.2, 0.25) is 5.91 Å². The highest BCUT2D eigenvalue weighted by Gasteiger charge is 2.15. The van der Waals surface area contributed by atoms with Crippen molar-refractivity contribution < 1.29 is 14.7 Å². The van der Waals surface area contributed by atoms with Gasteiger partial charge in [0.1, 0.15) is 0 Å². The fourth-order valence-corrected chi connectivity index (χ4v) is 2.02. The average Bonchev–Trinajstić information content (AvgIpc) is 2.27. The van der Waals surface area contributed by atoms with Crippen molar-refractivity contribution in [2.24, 2.45) is 0 Å². The molecule has 0 atom stereocenters. The molecule has 0 aromatic carbocycles. The van der Waals surface area contributed by atoms with Crippen molar-refractivity contribution in [2.75, 3.05) is 17.7 Å². The van der Waals surface area contributed by atoms with E-state index in [1.54, 1.807) is 13.1 Å². The highest BCUT2D eigenvalue weighted by molar-refractivity contribution is 7.99. The maximum absolute atomic E-state index is 11.2. The number of carbonyl (C=O) groups excluding carboxylic acids is 1. The molecule has 92 valence electrons. The van der Waals surface area contributed by atoms with Crippen LogP contribution >= 0.6 is 11.8 Å².